The van der Waals surface area contributed by atoms with Gasteiger partial charge < -0.3 is 11.1 Å². The first-order valence-corrected chi connectivity index (χ1v) is 3.85. The topological polar surface area (TPSA) is 67.5 Å². The molecule has 0 bridgehead atoms. The molecule has 12 heavy (non-hydrogen) atoms. The average Bonchev–Trinajstić information content (AvgIpc) is 2.03. The molecule has 0 saturated carbocycles. The maximum Gasteiger partial charge on any atom is 0.216 e. The lowest BCUT2D eigenvalue weighted by atomic mass is 9.96. The Bertz CT molecular complexity index is 234. The Labute approximate surface area is 71.5 Å². The van der Waals surface area contributed by atoms with E-state index in [0.717, 1.165) is 0 Å². The van der Waals surface area contributed by atoms with Crippen LogP contribution in [-0.2, 0) is 4.79 Å². The van der Waals surface area contributed by atoms with E-state index in [1.165, 1.54) is 6.92 Å². The molecule has 1 aliphatic rings. The first-order valence-electron chi connectivity index (χ1n) is 3.85. The van der Waals surface area contributed by atoms with Gasteiger partial charge in [0.2, 0.25) is 5.91 Å². The highest BCUT2D eigenvalue weighted by Crippen LogP contribution is 2.09. The van der Waals surface area contributed by atoms with Gasteiger partial charge in [-0.1, -0.05) is 0 Å². The molecular weight excluding hydrogens is 154 g/mol. The largest absolute Gasteiger partial charge is 0.354 e. The zero-order chi connectivity index (χ0) is 9.03. The number of nitrogens with two attached hydrogens (primary N) is 1. The molecule has 0 aromatic heterocycles. The smallest absolute Gasteiger partial charge is 0.216 e. The summed E-state index contributed by atoms with van der Waals surface area (Å²) in [6.45, 7) is 1.94. The van der Waals surface area contributed by atoms with E-state index >= 15 is 0 Å². The summed E-state index contributed by atoms with van der Waals surface area (Å²) in [6, 6.07) is 0. The Kier molecular flexibility index (Phi) is 2.60. The normalized spacial score (nSPS) is 27.2. The molecule has 0 fully saturated rings. The van der Waals surface area contributed by atoms with Crippen LogP contribution in [0.1, 0.15) is 13.3 Å². The van der Waals surface area contributed by atoms with E-state index in [1.54, 1.807) is 12.4 Å². The lowest BCUT2D eigenvalue weighted by Gasteiger charge is -2.25. The van der Waals surface area contributed by atoms with Crippen molar-refractivity contribution in [3.05, 3.63) is 12.3 Å². The third-order valence-electron chi connectivity index (χ3n) is 1.74. The van der Waals surface area contributed by atoms with Crippen LogP contribution in [0.4, 0.5) is 0 Å². The summed E-state index contributed by atoms with van der Waals surface area (Å²) < 4.78 is 0. The molecule has 0 spiro atoms. The van der Waals surface area contributed by atoms with Gasteiger partial charge in [0, 0.05) is 32.3 Å². The molecular formula is C8H13N3O. The monoisotopic (exact) mass is 167 g/mol. The zero-order valence-electron chi connectivity index (χ0n) is 7.08. The Balaban J connectivity index is 2.44. The lowest BCUT2D eigenvalue weighted by Crippen LogP contribution is -2.49. The van der Waals surface area contributed by atoms with Gasteiger partial charge >= 0.3 is 0 Å². The minimum atomic E-state index is -0.451. The summed E-state index contributed by atoms with van der Waals surface area (Å²) in [5.41, 5.74) is 5.46. The fourth-order valence-corrected chi connectivity index (χ4v) is 0.963. The van der Waals surface area contributed by atoms with Crippen LogP contribution in [0.3, 0.4) is 0 Å². The van der Waals surface area contributed by atoms with Crippen molar-refractivity contribution < 1.29 is 4.79 Å². The number of rotatable bonds is 2. The molecule has 1 aliphatic heterocycles. The fraction of sp³-hybridized carbons (Fsp3) is 0.500. The molecule has 0 aliphatic carbocycles. The number of hydrogen-bond donors (Lipinski definition) is 2. The Morgan fingerprint density at radius 3 is 3.08 bits per heavy atom. The quantitative estimate of drug-likeness (QED) is 0.598. The molecule has 0 aromatic rings. The van der Waals surface area contributed by atoms with Crippen LogP contribution in [-0.4, -0.2) is 24.2 Å². The van der Waals surface area contributed by atoms with Gasteiger partial charge in [-0.2, -0.15) is 0 Å². The van der Waals surface area contributed by atoms with Crippen LogP contribution >= 0.6 is 0 Å². The Morgan fingerprint density at radius 1 is 1.83 bits per heavy atom. The maximum atomic E-state index is 10.6. The second-order valence-electron chi connectivity index (χ2n) is 2.99. The molecule has 1 atom stereocenters. The number of nitrogens with zero attached hydrogens (tertiary/aromatic N) is 1. The van der Waals surface area contributed by atoms with Gasteiger partial charge in [0.1, 0.15) is 0 Å². The van der Waals surface area contributed by atoms with Crippen LogP contribution in [0, 0.1) is 0 Å². The van der Waals surface area contributed by atoms with Crippen molar-refractivity contribution in [2.45, 2.75) is 18.9 Å². The SMILES string of the molecule is CC(=O)NCC1(N)C=CN=CC1. The van der Waals surface area contributed by atoms with Crippen molar-refractivity contribution in [2.75, 3.05) is 6.54 Å². The van der Waals surface area contributed by atoms with Crippen molar-refractivity contribution >= 4 is 12.1 Å². The van der Waals surface area contributed by atoms with Crippen molar-refractivity contribution in [3.63, 3.8) is 0 Å². The molecule has 3 N–H and O–H groups in total. The molecule has 0 aromatic carbocycles. The predicted molar refractivity (Wildman–Crippen MR) is 47.9 cm³/mol. The van der Waals surface area contributed by atoms with Gasteiger partial charge in [0.05, 0.1) is 5.54 Å². The fourth-order valence-electron chi connectivity index (χ4n) is 0.963. The van der Waals surface area contributed by atoms with E-state index in [1.807, 2.05) is 6.08 Å². The van der Waals surface area contributed by atoms with Gasteiger partial charge in [-0.3, -0.25) is 9.79 Å². The Morgan fingerprint density at radius 2 is 2.58 bits per heavy atom. The maximum absolute atomic E-state index is 10.6. The third-order valence-corrected chi connectivity index (χ3v) is 1.74. The van der Waals surface area contributed by atoms with Crippen LogP contribution in [0.5, 0.6) is 0 Å². The number of carbonyl (C=O) groups excluding carboxylic acids is 1. The van der Waals surface area contributed by atoms with Crippen molar-refractivity contribution in [1.29, 1.82) is 0 Å². The summed E-state index contributed by atoms with van der Waals surface area (Å²) in [4.78, 5) is 14.5. The van der Waals surface area contributed by atoms with Crippen LogP contribution in [0.2, 0.25) is 0 Å². The number of aliphatic imine (C=N–C) groups is 1. The van der Waals surface area contributed by atoms with Gasteiger partial charge in [-0.25, -0.2) is 0 Å². The molecule has 1 amide bonds. The molecule has 1 heterocycles. The number of nitrogens with one attached hydrogen (secondary N) is 1. The van der Waals surface area contributed by atoms with Gasteiger partial charge in [-0.15, -0.1) is 0 Å². The molecule has 0 saturated heterocycles. The number of amides is 1. The summed E-state index contributed by atoms with van der Waals surface area (Å²) in [5.74, 6) is -0.0595. The third kappa shape index (κ3) is 2.47. The summed E-state index contributed by atoms with van der Waals surface area (Å²) in [7, 11) is 0. The highest BCUT2D eigenvalue weighted by Gasteiger charge is 2.21. The first kappa shape index (κ1) is 8.93. The Hall–Kier alpha value is -1.16. The van der Waals surface area contributed by atoms with Crippen LogP contribution < -0.4 is 11.1 Å². The van der Waals surface area contributed by atoms with E-state index < -0.39 is 5.54 Å². The summed E-state index contributed by atoms with van der Waals surface area (Å²) in [5, 5.41) is 2.68. The van der Waals surface area contributed by atoms with Crippen LogP contribution in [0.15, 0.2) is 17.3 Å². The van der Waals surface area contributed by atoms with Crippen LogP contribution in [0.25, 0.3) is 0 Å². The molecule has 4 heteroatoms. The molecule has 1 unspecified atom stereocenters. The first-order chi connectivity index (χ1) is 5.62. The van der Waals surface area contributed by atoms with E-state index in [0.29, 0.717) is 13.0 Å². The number of hydrogen-bond acceptors (Lipinski definition) is 3. The predicted octanol–water partition coefficient (Wildman–Crippen LogP) is -0.192. The summed E-state index contributed by atoms with van der Waals surface area (Å²) >= 11 is 0. The minimum Gasteiger partial charge on any atom is -0.354 e. The van der Waals surface area contributed by atoms with E-state index in [2.05, 4.69) is 10.3 Å². The molecule has 0 radical (unpaired) electrons. The highest BCUT2D eigenvalue weighted by atomic mass is 16.1. The highest BCUT2D eigenvalue weighted by molar-refractivity contribution is 5.73. The van der Waals surface area contributed by atoms with E-state index in [9.17, 15) is 4.79 Å². The average molecular weight is 167 g/mol. The van der Waals surface area contributed by atoms with E-state index in [-0.39, 0.29) is 5.91 Å². The number of carbonyl (C=O) groups is 1. The standard InChI is InChI=1S/C8H13N3O/c1-7(12)11-6-8(9)2-4-10-5-3-8/h2,4-5H,3,6,9H2,1H3,(H,11,12). The van der Waals surface area contributed by atoms with E-state index in [4.69, 9.17) is 5.73 Å². The molecule has 66 valence electrons. The lowest BCUT2D eigenvalue weighted by molar-refractivity contribution is -0.119. The zero-order valence-corrected chi connectivity index (χ0v) is 7.08. The van der Waals surface area contributed by atoms with Crippen molar-refractivity contribution in [3.8, 4) is 0 Å². The molecule has 4 nitrogen and oxygen atoms in total. The van der Waals surface area contributed by atoms with Crippen molar-refractivity contribution in [2.24, 2.45) is 10.7 Å². The second-order valence-corrected chi connectivity index (χ2v) is 2.99. The second kappa shape index (κ2) is 3.49. The van der Waals surface area contributed by atoms with Gasteiger partial charge in [0.15, 0.2) is 0 Å². The minimum absolute atomic E-state index is 0.0595. The van der Waals surface area contributed by atoms with Crippen molar-refractivity contribution in [1.82, 2.24) is 5.32 Å². The molecule has 1 rings (SSSR count). The van der Waals surface area contributed by atoms with Gasteiger partial charge in [0.25, 0.3) is 0 Å². The van der Waals surface area contributed by atoms with Gasteiger partial charge in [-0.05, 0) is 6.08 Å². The summed E-state index contributed by atoms with van der Waals surface area (Å²) in [6.07, 6.45) is 5.89.